The molecule has 1 aromatic heterocycles. The summed E-state index contributed by atoms with van der Waals surface area (Å²) in [6.07, 6.45) is 3.43. The maximum Gasteiger partial charge on any atom is 0.155 e. The lowest BCUT2D eigenvalue weighted by atomic mass is 10.1. The average molecular weight is 324 g/mol. The van der Waals surface area contributed by atoms with Gasteiger partial charge in [0.2, 0.25) is 0 Å². The number of nitrogens with one attached hydrogen (secondary N) is 2. The summed E-state index contributed by atoms with van der Waals surface area (Å²) in [7, 11) is 0. The standard InChI is InChI=1S/C9H9N3.C9H11NS/c1-7-3-2-4-8(5-7)9-10-6-11-12-9;1-7-4-3-5-8(6-7)9(10)11-2/h2-6H,1H3,(H,10,11,12);3-6,10H,1-2H3. The third-order valence-electron chi connectivity index (χ3n) is 3.19. The fourth-order valence-corrected chi connectivity index (χ4v) is 2.40. The molecule has 0 spiro atoms. The Kier molecular flexibility index (Phi) is 6.11. The molecule has 4 nitrogen and oxygen atoms in total. The van der Waals surface area contributed by atoms with Gasteiger partial charge in [-0.3, -0.25) is 10.5 Å². The molecule has 0 saturated carbocycles. The molecule has 0 amide bonds. The number of thioether (sulfide) groups is 1. The van der Waals surface area contributed by atoms with E-state index in [0.717, 1.165) is 17.0 Å². The van der Waals surface area contributed by atoms with Gasteiger partial charge < -0.3 is 0 Å². The minimum absolute atomic E-state index is 0.633. The SMILES string of the molecule is CSC(=N)c1cccc(C)c1.Cc1cccc(-c2ncn[nH]2)c1. The summed E-state index contributed by atoms with van der Waals surface area (Å²) in [5.74, 6) is 0.818. The Morgan fingerprint density at radius 2 is 1.74 bits per heavy atom. The Hall–Kier alpha value is -2.40. The van der Waals surface area contributed by atoms with Crippen LogP contribution in [0.5, 0.6) is 0 Å². The zero-order chi connectivity index (χ0) is 16.7. The third kappa shape index (κ3) is 5.07. The van der Waals surface area contributed by atoms with E-state index in [1.54, 1.807) is 0 Å². The molecule has 3 aromatic rings. The Balaban J connectivity index is 0.000000168. The minimum Gasteiger partial charge on any atom is -0.293 e. The summed E-state index contributed by atoms with van der Waals surface area (Å²) >= 11 is 1.47. The molecule has 0 radical (unpaired) electrons. The van der Waals surface area contributed by atoms with Crippen molar-refractivity contribution in [1.82, 2.24) is 15.2 Å². The highest BCUT2D eigenvalue weighted by Gasteiger charge is 1.98. The van der Waals surface area contributed by atoms with E-state index >= 15 is 0 Å². The quantitative estimate of drug-likeness (QED) is 0.540. The molecule has 0 aliphatic carbocycles. The Labute approximate surface area is 140 Å². The van der Waals surface area contributed by atoms with Gasteiger partial charge in [-0.05, 0) is 32.2 Å². The number of aromatic amines is 1. The van der Waals surface area contributed by atoms with Gasteiger partial charge in [-0.25, -0.2) is 4.98 Å². The fourth-order valence-electron chi connectivity index (χ4n) is 2.04. The first kappa shape index (κ1) is 17.0. The number of hydrogen-bond donors (Lipinski definition) is 2. The van der Waals surface area contributed by atoms with Crippen LogP contribution in [-0.4, -0.2) is 26.5 Å². The van der Waals surface area contributed by atoms with Crippen LogP contribution in [0.1, 0.15) is 16.7 Å². The van der Waals surface area contributed by atoms with Crippen LogP contribution < -0.4 is 0 Å². The van der Waals surface area contributed by atoms with Crippen molar-refractivity contribution >= 4 is 16.8 Å². The fraction of sp³-hybridized carbons (Fsp3) is 0.167. The van der Waals surface area contributed by atoms with Crippen molar-refractivity contribution in [3.8, 4) is 11.4 Å². The van der Waals surface area contributed by atoms with Gasteiger partial charge in [-0.1, -0.05) is 47.5 Å². The zero-order valence-electron chi connectivity index (χ0n) is 13.5. The summed E-state index contributed by atoms with van der Waals surface area (Å²) in [5, 5.41) is 14.8. The summed E-state index contributed by atoms with van der Waals surface area (Å²) in [4.78, 5) is 4.06. The number of rotatable bonds is 2. The van der Waals surface area contributed by atoms with E-state index in [-0.39, 0.29) is 0 Å². The van der Waals surface area contributed by atoms with Crippen LogP contribution >= 0.6 is 11.8 Å². The summed E-state index contributed by atoms with van der Waals surface area (Å²) in [6, 6.07) is 16.2. The van der Waals surface area contributed by atoms with Crippen LogP contribution in [0, 0.1) is 19.3 Å². The Morgan fingerprint density at radius 1 is 1.04 bits per heavy atom. The largest absolute Gasteiger partial charge is 0.293 e. The Morgan fingerprint density at radius 3 is 2.30 bits per heavy atom. The number of hydrogen-bond acceptors (Lipinski definition) is 4. The summed E-state index contributed by atoms with van der Waals surface area (Å²) in [6.45, 7) is 4.09. The van der Waals surface area contributed by atoms with Crippen LogP contribution in [0.3, 0.4) is 0 Å². The molecule has 0 bridgehead atoms. The highest BCUT2D eigenvalue weighted by atomic mass is 32.2. The first-order chi connectivity index (χ1) is 11.1. The number of nitrogens with zero attached hydrogens (tertiary/aromatic N) is 2. The van der Waals surface area contributed by atoms with Gasteiger partial charge in [0.25, 0.3) is 0 Å². The highest BCUT2D eigenvalue weighted by Crippen LogP contribution is 2.14. The van der Waals surface area contributed by atoms with Crippen molar-refractivity contribution in [2.24, 2.45) is 0 Å². The molecule has 0 aliphatic rings. The first-order valence-electron chi connectivity index (χ1n) is 7.22. The molecule has 118 valence electrons. The van der Waals surface area contributed by atoms with Gasteiger partial charge in [0.15, 0.2) is 5.82 Å². The lowest BCUT2D eigenvalue weighted by Gasteiger charge is -2.00. The van der Waals surface area contributed by atoms with Crippen LogP contribution in [0.25, 0.3) is 11.4 Å². The molecule has 0 fully saturated rings. The molecule has 23 heavy (non-hydrogen) atoms. The van der Waals surface area contributed by atoms with Crippen LogP contribution in [0.15, 0.2) is 54.9 Å². The van der Waals surface area contributed by atoms with E-state index in [1.807, 2.05) is 49.6 Å². The van der Waals surface area contributed by atoms with Crippen molar-refractivity contribution in [3.05, 3.63) is 71.5 Å². The van der Waals surface area contributed by atoms with E-state index in [0.29, 0.717) is 5.04 Å². The van der Waals surface area contributed by atoms with E-state index in [9.17, 15) is 0 Å². The molecule has 3 rings (SSSR count). The first-order valence-corrected chi connectivity index (χ1v) is 8.44. The molecule has 0 unspecified atom stereocenters. The van der Waals surface area contributed by atoms with Gasteiger partial charge in [0.1, 0.15) is 6.33 Å². The molecular weight excluding hydrogens is 304 g/mol. The molecule has 0 atom stereocenters. The van der Waals surface area contributed by atoms with E-state index < -0.39 is 0 Å². The maximum atomic E-state index is 7.54. The molecule has 5 heteroatoms. The molecule has 1 heterocycles. The van der Waals surface area contributed by atoms with Crippen LogP contribution in [-0.2, 0) is 0 Å². The molecule has 2 N–H and O–H groups in total. The number of aryl methyl sites for hydroxylation is 2. The molecule has 2 aromatic carbocycles. The van der Waals surface area contributed by atoms with Gasteiger partial charge in [0.05, 0.1) is 5.04 Å². The van der Waals surface area contributed by atoms with Gasteiger partial charge in [-0.2, -0.15) is 5.10 Å². The van der Waals surface area contributed by atoms with Crippen molar-refractivity contribution in [2.45, 2.75) is 13.8 Å². The van der Waals surface area contributed by atoms with Crippen molar-refractivity contribution in [2.75, 3.05) is 6.26 Å². The van der Waals surface area contributed by atoms with E-state index in [4.69, 9.17) is 5.41 Å². The van der Waals surface area contributed by atoms with Gasteiger partial charge >= 0.3 is 0 Å². The summed E-state index contributed by atoms with van der Waals surface area (Å²) in [5.41, 5.74) is 4.52. The minimum atomic E-state index is 0.633. The number of H-pyrrole nitrogens is 1. The number of benzene rings is 2. The smallest absolute Gasteiger partial charge is 0.155 e. The van der Waals surface area contributed by atoms with Crippen molar-refractivity contribution in [1.29, 1.82) is 5.41 Å². The maximum absolute atomic E-state index is 7.54. The zero-order valence-corrected chi connectivity index (χ0v) is 14.3. The van der Waals surface area contributed by atoms with Gasteiger partial charge in [-0.15, -0.1) is 11.8 Å². The van der Waals surface area contributed by atoms with E-state index in [2.05, 4.69) is 34.2 Å². The number of aromatic nitrogens is 3. The second-order valence-corrected chi connectivity index (χ2v) is 5.92. The second-order valence-electron chi connectivity index (χ2n) is 5.11. The Bertz CT molecular complexity index is 766. The molecular formula is C18H20N4S. The average Bonchev–Trinajstić information content (AvgIpc) is 3.09. The van der Waals surface area contributed by atoms with Crippen molar-refractivity contribution < 1.29 is 0 Å². The highest BCUT2D eigenvalue weighted by molar-refractivity contribution is 8.13. The summed E-state index contributed by atoms with van der Waals surface area (Å²) < 4.78 is 0. The van der Waals surface area contributed by atoms with Crippen LogP contribution in [0.2, 0.25) is 0 Å². The third-order valence-corrected chi connectivity index (χ3v) is 3.83. The predicted octanol–water partition coefficient (Wildman–Crippen LogP) is 4.46. The predicted molar refractivity (Wildman–Crippen MR) is 98.1 cm³/mol. The molecule has 0 saturated heterocycles. The van der Waals surface area contributed by atoms with Gasteiger partial charge in [0, 0.05) is 11.1 Å². The molecule has 0 aliphatic heterocycles. The topological polar surface area (TPSA) is 65.4 Å². The van der Waals surface area contributed by atoms with Crippen LogP contribution in [0.4, 0.5) is 0 Å². The second kappa shape index (κ2) is 8.29. The lowest BCUT2D eigenvalue weighted by Crippen LogP contribution is -1.91. The monoisotopic (exact) mass is 324 g/mol. The van der Waals surface area contributed by atoms with E-state index in [1.165, 1.54) is 29.2 Å². The van der Waals surface area contributed by atoms with Crippen molar-refractivity contribution in [3.63, 3.8) is 0 Å². The lowest BCUT2D eigenvalue weighted by molar-refractivity contribution is 1.09. The normalized spacial score (nSPS) is 9.87.